The highest BCUT2D eigenvalue weighted by atomic mass is 127. The number of aliphatic carboxylic acids is 1. The molecule has 0 aliphatic heterocycles. The fourth-order valence-corrected chi connectivity index (χ4v) is 3.73. The molecule has 0 heterocycles. The first kappa shape index (κ1) is 13.8. The molecule has 0 bridgehead atoms. The van der Waals surface area contributed by atoms with Gasteiger partial charge in [-0.15, -0.1) is 0 Å². The molecule has 1 N–H and O–H groups in total. The molecule has 0 aliphatic rings. The van der Waals surface area contributed by atoms with Gasteiger partial charge in [-0.1, -0.05) is 77.2 Å². The Kier molecular flexibility index (Phi) is 2.85. The molecule has 4 aromatic carbocycles. The van der Waals surface area contributed by atoms with E-state index in [-0.39, 0.29) is 0 Å². The van der Waals surface area contributed by atoms with Crippen LogP contribution in [0.15, 0.2) is 54.6 Å². The van der Waals surface area contributed by atoms with Crippen molar-refractivity contribution in [1.29, 1.82) is 0 Å². The molecule has 0 saturated carbocycles. The Morgan fingerprint density at radius 2 is 1.45 bits per heavy atom. The van der Waals surface area contributed by atoms with Crippen LogP contribution in [0.25, 0.3) is 32.3 Å². The Bertz CT molecular complexity index is 1020. The molecule has 4 rings (SSSR count). The predicted octanol–water partition coefficient (Wildman–Crippen LogP) is 5.32. The van der Waals surface area contributed by atoms with Gasteiger partial charge in [0.2, 0.25) is 0 Å². The largest absolute Gasteiger partial charge is 0.480 e. The number of alkyl halides is 1. The second-order valence-electron chi connectivity index (χ2n) is 5.78. The summed E-state index contributed by atoms with van der Waals surface area (Å²) in [5.74, 6) is -0.817. The molecule has 0 radical (unpaired) electrons. The monoisotopic (exact) mass is 400 g/mol. The van der Waals surface area contributed by atoms with Gasteiger partial charge in [0, 0.05) is 0 Å². The van der Waals surface area contributed by atoms with Crippen molar-refractivity contribution >= 4 is 60.9 Å². The lowest BCUT2D eigenvalue weighted by molar-refractivity contribution is -0.139. The number of benzene rings is 4. The molecular weight excluding hydrogens is 387 g/mol. The van der Waals surface area contributed by atoms with Crippen LogP contribution in [0.4, 0.5) is 0 Å². The fourth-order valence-electron chi connectivity index (χ4n) is 3.26. The predicted molar refractivity (Wildman–Crippen MR) is 99.2 cm³/mol. The first-order valence-electron chi connectivity index (χ1n) is 7.09. The number of hydrogen-bond acceptors (Lipinski definition) is 1. The van der Waals surface area contributed by atoms with Gasteiger partial charge < -0.3 is 5.11 Å². The third-order valence-electron chi connectivity index (χ3n) is 4.44. The third-order valence-corrected chi connectivity index (χ3v) is 5.48. The molecular formula is C19H13IO2. The zero-order valence-electron chi connectivity index (χ0n) is 11.9. The van der Waals surface area contributed by atoms with E-state index in [0.29, 0.717) is 0 Å². The average Bonchev–Trinajstić information content (AvgIpc) is 2.52. The van der Waals surface area contributed by atoms with Crippen molar-refractivity contribution in [2.45, 2.75) is 10.3 Å². The van der Waals surface area contributed by atoms with Gasteiger partial charge in [-0.3, -0.25) is 4.79 Å². The lowest BCUT2D eigenvalue weighted by atomic mass is 9.88. The lowest BCUT2D eigenvalue weighted by Gasteiger charge is -2.22. The number of carboxylic acids is 1. The van der Waals surface area contributed by atoms with E-state index in [0.717, 1.165) is 21.7 Å². The maximum absolute atomic E-state index is 11.7. The molecule has 1 unspecified atom stereocenters. The minimum atomic E-state index is -0.944. The Morgan fingerprint density at radius 1 is 0.909 bits per heavy atom. The van der Waals surface area contributed by atoms with Gasteiger partial charge in [0.1, 0.15) is 3.42 Å². The number of carbonyl (C=O) groups is 1. The molecule has 3 heteroatoms. The van der Waals surface area contributed by atoms with Gasteiger partial charge in [-0.25, -0.2) is 0 Å². The molecule has 0 saturated heterocycles. The SMILES string of the molecule is CC(I)(C(=O)O)c1ccc2ccc3cccc4ccc1c2c34. The number of rotatable bonds is 2. The molecule has 0 aliphatic carbocycles. The highest BCUT2D eigenvalue weighted by molar-refractivity contribution is 14.1. The summed E-state index contributed by atoms with van der Waals surface area (Å²) in [5.41, 5.74) is 0.853. The highest BCUT2D eigenvalue weighted by Crippen LogP contribution is 2.41. The first-order valence-corrected chi connectivity index (χ1v) is 8.17. The molecule has 0 amide bonds. The summed E-state index contributed by atoms with van der Waals surface area (Å²) in [6.07, 6.45) is 0. The summed E-state index contributed by atoms with van der Waals surface area (Å²) in [7, 11) is 0. The van der Waals surface area contributed by atoms with Crippen molar-refractivity contribution in [2.75, 3.05) is 0 Å². The summed E-state index contributed by atoms with van der Waals surface area (Å²) in [6.45, 7) is 1.75. The Morgan fingerprint density at radius 3 is 2.09 bits per heavy atom. The molecule has 0 spiro atoms. The van der Waals surface area contributed by atoms with Crippen LogP contribution in [0, 0.1) is 0 Å². The van der Waals surface area contributed by atoms with Crippen molar-refractivity contribution in [3.05, 3.63) is 60.2 Å². The minimum Gasteiger partial charge on any atom is -0.480 e. The number of halogens is 1. The number of carboxylic acid groups (broad SMARTS) is 1. The van der Waals surface area contributed by atoms with Crippen LogP contribution >= 0.6 is 22.6 Å². The van der Waals surface area contributed by atoms with Crippen molar-refractivity contribution in [3.8, 4) is 0 Å². The van der Waals surface area contributed by atoms with Crippen LogP contribution in [0.3, 0.4) is 0 Å². The normalized spacial score (nSPS) is 14.6. The summed E-state index contributed by atoms with van der Waals surface area (Å²) in [4.78, 5) is 11.7. The van der Waals surface area contributed by atoms with Gasteiger partial charge in [0.05, 0.1) is 0 Å². The zero-order chi connectivity index (χ0) is 15.5. The van der Waals surface area contributed by atoms with Crippen molar-refractivity contribution in [2.24, 2.45) is 0 Å². The lowest BCUT2D eigenvalue weighted by Crippen LogP contribution is -2.25. The van der Waals surface area contributed by atoms with Crippen LogP contribution in [0.1, 0.15) is 12.5 Å². The van der Waals surface area contributed by atoms with Crippen LogP contribution in [-0.2, 0) is 8.22 Å². The van der Waals surface area contributed by atoms with Gasteiger partial charge >= 0.3 is 5.97 Å². The van der Waals surface area contributed by atoms with Crippen molar-refractivity contribution in [1.82, 2.24) is 0 Å². The van der Waals surface area contributed by atoms with Crippen LogP contribution in [-0.4, -0.2) is 11.1 Å². The van der Waals surface area contributed by atoms with Crippen LogP contribution < -0.4 is 0 Å². The molecule has 22 heavy (non-hydrogen) atoms. The van der Waals surface area contributed by atoms with Gasteiger partial charge in [-0.2, -0.15) is 0 Å². The maximum Gasteiger partial charge on any atom is 0.323 e. The molecule has 0 aromatic heterocycles. The van der Waals surface area contributed by atoms with E-state index < -0.39 is 9.39 Å². The maximum atomic E-state index is 11.7. The quantitative estimate of drug-likeness (QED) is 0.281. The third kappa shape index (κ3) is 1.75. The van der Waals surface area contributed by atoms with Gasteiger partial charge in [0.15, 0.2) is 0 Å². The first-order chi connectivity index (χ1) is 10.5. The molecule has 2 nitrogen and oxygen atoms in total. The smallest absolute Gasteiger partial charge is 0.323 e. The fraction of sp³-hybridized carbons (Fsp3) is 0.105. The van der Waals surface area contributed by atoms with E-state index in [1.165, 1.54) is 16.2 Å². The second-order valence-corrected chi connectivity index (χ2v) is 7.93. The van der Waals surface area contributed by atoms with Gasteiger partial charge in [-0.05, 0) is 44.8 Å². The van der Waals surface area contributed by atoms with Crippen LogP contribution in [0.2, 0.25) is 0 Å². The van der Waals surface area contributed by atoms with Crippen LogP contribution in [0.5, 0.6) is 0 Å². The average molecular weight is 400 g/mol. The summed E-state index contributed by atoms with van der Waals surface area (Å²) in [6, 6.07) is 18.6. The van der Waals surface area contributed by atoms with E-state index >= 15 is 0 Å². The van der Waals surface area contributed by atoms with Crippen molar-refractivity contribution in [3.63, 3.8) is 0 Å². The van der Waals surface area contributed by atoms with Crippen molar-refractivity contribution < 1.29 is 9.90 Å². The Hall–Kier alpha value is -1.88. The Balaban J connectivity index is 2.25. The molecule has 1 atom stereocenters. The second kappa shape index (κ2) is 4.56. The zero-order valence-corrected chi connectivity index (χ0v) is 14.1. The molecule has 108 valence electrons. The van der Waals surface area contributed by atoms with Gasteiger partial charge in [0.25, 0.3) is 0 Å². The van der Waals surface area contributed by atoms with E-state index in [9.17, 15) is 9.90 Å². The standard InChI is InChI=1S/C19H13IO2/c1-19(20,18(21)22)15-10-8-13-6-5-11-3-2-4-12-7-9-14(15)17(13)16(11)12/h2-10H,1H3,(H,21,22). The summed E-state index contributed by atoms with van der Waals surface area (Å²) >= 11 is 2.02. The molecule has 4 aromatic rings. The topological polar surface area (TPSA) is 37.3 Å². The van der Waals surface area contributed by atoms with E-state index in [4.69, 9.17) is 0 Å². The van der Waals surface area contributed by atoms with E-state index in [1.54, 1.807) is 6.92 Å². The Labute approximate surface area is 141 Å². The number of hydrogen-bond donors (Lipinski definition) is 1. The minimum absolute atomic E-state index is 0.817. The summed E-state index contributed by atoms with van der Waals surface area (Å²) < 4.78 is -0.944. The van der Waals surface area contributed by atoms with E-state index in [1.807, 2.05) is 34.7 Å². The van der Waals surface area contributed by atoms with E-state index in [2.05, 4.69) is 42.5 Å². The molecule has 0 fully saturated rings. The summed E-state index contributed by atoms with van der Waals surface area (Å²) in [5, 5.41) is 16.5. The highest BCUT2D eigenvalue weighted by Gasteiger charge is 2.33.